The third-order valence-corrected chi connectivity index (χ3v) is 3.92. The molecule has 0 spiro atoms. The zero-order valence-electron chi connectivity index (χ0n) is 12.1. The van der Waals surface area contributed by atoms with Gasteiger partial charge in [-0.2, -0.15) is 0 Å². The smallest absolute Gasteiger partial charge is 0.251 e. The van der Waals surface area contributed by atoms with Crippen molar-refractivity contribution in [2.75, 3.05) is 26.2 Å². The van der Waals surface area contributed by atoms with Crippen molar-refractivity contribution >= 4 is 5.91 Å². The number of piperidine rings is 1. The lowest BCUT2D eigenvalue weighted by Gasteiger charge is -2.31. The van der Waals surface area contributed by atoms with E-state index in [0.717, 1.165) is 38.0 Å². The van der Waals surface area contributed by atoms with Gasteiger partial charge in [0.1, 0.15) is 0 Å². The number of nitrogens with zero attached hydrogens (tertiary/aromatic N) is 1. The Morgan fingerprint density at radius 2 is 1.95 bits per heavy atom. The standard InChI is InChI=1S/C16H24N2O2/c1-2-17-16(20)15-5-3-13(4-6-15)11-18-9-7-14(12-19)8-10-18/h3-6,14,19H,2,7-12H2,1H3,(H,17,20). The minimum atomic E-state index is -0.0113. The van der Waals surface area contributed by atoms with Crippen molar-refractivity contribution in [2.24, 2.45) is 5.92 Å². The van der Waals surface area contributed by atoms with Crippen LogP contribution in [0.3, 0.4) is 0 Å². The molecule has 1 aromatic rings. The molecule has 1 aliphatic rings. The highest BCUT2D eigenvalue weighted by Crippen LogP contribution is 2.18. The van der Waals surface area contributed by atoms with Crippen LogP contribution < -0.4 is 5.32 Å². The van der Waals surface area contributed by atoms with Gasteiger partial charge < -0.3 is 10.4 Å². The molecule has 0 bridgehead atoms. The molecule has 1 heterocycles. The zero-order chi connectivity index (χ0) is 14.4. The molecule has 20 heavy (non-hydrogen) atoms. The van der Waals surface area contributed by atoms with Gasteiger partial charge in [-0.05, 0) is 56.5 Å². The van der Waals surface area contributed by atoms with E-state index in [1.165, 1.54) is 5.56 Å². The molecule has 0 unspecified atom stereocenters. The van der Waals surface area contributed by atoms with Crippen LogP contribution in [-0.4, -0.2) is 42.2 Å². The van der Waals surface area contributed by atoms with Gasteiger partial charge in [-0.15, -0.1) is 0 Å². The van der Waals surface area contributed by atoms with E-state index in [4.69, 9.17) is 5.11 Å². The Labute approximate surface area is 120 Å². The molecule has 1 saturated heterocycles. The van der Waals surface area contributed by atoms with Gasteiger partial charge in [0, 0.05) is 25.3 Å². The van der Waals surface area contributed by atoms with Crippen LogP contribution in [0.4, 0.5) is 0 Å². The van der Waals surface area contributed by atoms with Crippen LogP contribution in [0, 0.1) is 5.92 Å². The second-order valence-electron chi connectivity index (χ2n) is 5.46. The van der Waals surface area contributed by atoms with Crippen molar-refractivity contribution in [3.8, 4) is 0 Å². The van der Waals surface area contributed by atoms with Gasteiger partial charge >= 0.3 is 0 Å². The monoisotopic (exact) mass is 276 g/mol. The van der Waals surface area contributed by atoms with Crippen LogP contribution in [-0.2, 0) is 6.54 Å². The maximum Gasteiger partial charge on any atom is 0.251 e. The fourth-order valence-corrected chi connectivity index (χ4v) is 2.61. The third kappa shape index (κ3) is 4.05. The summed E-state index contributed by atoms with van der Waals surface area (Å²) in [5.74, 6) is 0.467. The van der Waals surface area contributed by atoms with Crippen LogP contribution in [0.1, 0.15) is 35.7 Å². The maximum absolute atomic E-state index is 11.7. The number of rotatable bonds is 5. The van der Waals surface area contributed by atoms with Crippen LogP contribution in [0.2, 0.25) is 0 Å². The molecule has 0 aliphatic carbocycles. The molecule has 110 valence electrons. The number of amides is 1. The Morgan fingerprint density at radius 1 is 1.30 bits per heavy atom. The first-order valence-corrected chi connectivity index (χ1v) is 7.43. The van der Waals surface area contributed by atoms with Crippen molar-refractivity contribution < 1.29 is 9.90 Å². The van der Waals surface area contributed by atoms with E-state index in [9.17, 15) is 4.79 Å². The van der Waals surface area contributed by atoms with Crippen molar-refractivity contribution in [2.45, 2.75) is 26.3 Å². The molecule has 4 heteroatoms. The Morgan fingerprint density at radius 3 is 2.50 bits per heavy atom. The fraction of sp³-hybridized carbons (Fsp3) is 0.562. The van der Waals surface area contributed by atoms with Crippen LogP contribution in [0.25, 0.3) is 0 Å². The number of aliphatic hydroxyl groups is 1. The summed E-state index contributed by atoms with van der Waals surface area (Å²) in [6, 6.07) is 7.84. The lowest BCUT2D eigenvalue weighted by Crippen LogP contribution is -2.34. The minimum Gasteiger partial charge on any atom is -0.396 e. The van der Waals surface area contributed by atoms with Crippen LogP contribution >= 0.6 is 0 Å². The molecule has 1 aliphatic heterocycles. The molecule has 1 amide bonds. The molecule has 4 nitrogen and oxygen atoms in total. The molecule has 1 fully saturated rings. The van der Waals surface area contributed by atoms with Crippen LogP contribution in [0.5, 0.6) is 0 Å². The number of carbonyl (C=O) groups is 1. The summed E-state index contributed by atoms with van der Waals surface area (Å²) in [7, 11) is 0. The Bertz CT molecular complexity index is 423. The minimum absolute atomic E-state index is 0.0113. The van der Waals surface area contributed by atoms with E-state index in [1.807, 2.05) is 31.2 Å². The van der Waals surface area contributed by atoms with Gasteiger partial charge in [0.05, 0.1) is 0 Å². The van der Waals surface area contributed by atoms with E-state index in [-0.39, 0.29) is 5.91 Å². The molecular weight excluding hydrogens is 252 g/mol. The number of benzene rings is 1. The molecule has 1 aromatic carbocycles. The van der Waals surface area contributed by atoms with Crippen LogP contribution in [0.15, 0.2) is 24.3 Å². The van der Waals surface area contributed by atoms with Gasteiger partial charge in [-0.1, -0.05) is 12.1 Å². The summed E-state index contributed by atoms with van der Waals surface area (Å²) in [6.45, 7) is 5.90. The predicted octanol–water partition coefficient (Wildman–Crippen LogP) is 1.64. The van der Waals surface area contributed by atoms with Crippen molar-refractivity contribution in [1.29, 1.82) is 0 Å². The molecule has 2 rings (SSSR count). The number of hydrogen-bond donors (Lipinski definition) is 2. The summed E-state index contributed by atoms with van der Waals surface area (Å²) in [6.07, 6.45) is 2.15. The second-order valence-corrected chi connectivity index (χ2v) is 5.46. The molecule has 0 aromatic heterocycles. The zero-order valence-corrected chi connectivity index (χ0v) is 12.1. The van der Waals surface area contributed by atoms with Gasteiger partial charge in [-0.3, -0.25) is 9.69 Å². The van der Waals surface area contributed by atoms with E-state index < -0.39 is 0 Å². The van der Waals surface area contributed by atoms with Gasteiger partial charge in [0.25, 0.3) is 5.91 Å². The molecule has 0 saturated carbocycles. The Balaban J connectivity index is 1.86. The lowest BCUT2D eigenvalue weighted by atomic mass is 9.97. The van der Waals surface area contributed by atoms with Crippen molar-refractivity contribution in [3.05, 3.63) is 35.4 Å². The average molecular weight is 276 g/mol. The maximum atomic E-state index is 11.7. The highest BCUT2D eigenvalue weighted by Gasteiger charge is 2.18. The first kappa shape index (κ1) is 15.0. The highest BCUT2D eigenvalue weighted by molar-refractivity contribution is 5.94. The summed E-state index contributed by atoms with van der Waals surface area (Å²) in [5, 5.41) is 11.9. The predicted molar refractivity (Wildman–Crippen MR) is 79.5 cm³/mol. The highest BCUT2D eigenvalue weighted by atomic mass is 16.3. The second kappa shape index (κ2) is 7.41. The quantitative estimate of drug-likeness (QED) is 0.859. The van der Waals surface area contributed by atoms with Gasteiger partial charge in [-0.25, -0.2) is 0 Å². The molecule has 2 N–H and O–H groups in total. The summed E-state index contributed by atoms with van der Waals surface area (Å²) >= 11 is 0. The molecule has 0 radical (unpaired) electrons. The topological polar surface area (TPSA) is 52.6 Å². The summed E-state index contributed by atoms with van der Waals surface area (Å²) < 4.78 is 0. The fourth-order valence-electron chi connectivity index (χ4n) is 2.61. The Hall–Kier alpha value is -1.39. The number of nitrogens with one attached hydrogen (secondary N) is 1. The third-order valence-electron chi connectivity index (χ3n) is 3.92. The molecular formula is C16H24N2O2. The SMILES string of the molecule is CCNC(=O)c1ccc(CN2CCC(CO)CC2)cc1. The number of aliphatic hydroxyl groups excluding tert-OH is 1. The Kier molecular flexibility index (Phi) is 5.56. The normalized spacial score (nSPS) is 17.1. The molecule has 0 atom stereocenters. The van der Waals surface area contributed by atoms with Gasteiger partial charge in [0.2, 0.25) is 0 Å². The number of likely N-dealkylation sites (tertiary alicyclic amines) is 1. The summed E-state index contributed by atoms with van der Waals surface area (Å²) in [5.41, 5.74) is 1.95. The largest absolute Gasteiger partial charge is 0.396 e. The van der Waals surface area contributed by atoms with Crippen molar-refractivity contribution in [3.63, 3.8) is 0 Å². The van der Waals surface area contributed by atoms with E-state index in [2.05, 4.69) is 10.2 Å². The lowest BCUT2D eigenvalue weighted by molar-refractivity contribution is 0.0956. The number of hydrogen-bond acceptors (Lipinski definition) is 3. The average Bonchev–Trinajstić information content (AvgIpc) is 2.49. The van der Waals surface area contributed by atoms with Gasteiger partial charge in [0.15, 0.2) is 0 Å². The number of carbonyl (C=O) groups excluding carboxylic acids is 1. The first-order chi connectivity index (χ1) is 9.72. The van der Waals surface area contributed by atoms with E-state index >= 15 is 0 Å². The first-order valence-electron chi connectivity index (χ1n) is 7.43. The van der Waals surface area contributed by atoms with E-state index in [0.29, 0.717) is 19.1 Å². The van der Waals surface area contributed by atoms with Crippen molar-refractivity contribution in [1.82, 2.24) is 10.2 Å². The summed E-state index contributed by atoms with van der Waals surface area (Å²) in [4.78, 5) is 14.1. The van der Waals surface area contributed by atoms with E-state index in [1.54, 1.807) is 0 Å².